The first-order valence-electron chi connectivity index (χ1n) is 10.7. The number of nitrogens with one attached hydrogen (secondary N) is 3. The van der Waals surface area contributed by atoms with Crippen molar-refractivity contribution in [3.63, 3.8) is 0 Å². The van der Waals surface area contributed by atoms with Gasteiger partial charge in [-0.05, 0) is 37.5 Å². The molecular formula is C21H40N4O6. The largest absolute Gasteiger partial charge is 0.480 e. The van der Waals surface area contributed by atoms with Crippen LogP contribution in [0.5, 0.6) is 0 Å². The van der Waals surface area contributed by atoms with E-state index >= 15 is 0 Å². The summed E-state index contributed by atoms with van der Waals surface area (Å²) >= 11 is 0. The van der Waals surface area contributed by atoms with E-state index in [4.69, 9.17) is 5.73 Å². The molecule has 3 amide bonds. The molecular weight excluding hydrogens is 404 g/mol. The number of amides is 3. The lowest BCUT2D eigenvalue weighted by molar-refractivity contribution is -0.144. The molecule has 0 saturated heterocycles. The molecule has 180 valence electrons. The van der Waals surface area contributed by atoms with Crippen molar-refractivity contribution < 1.29 is 29.4 Å². The molecule has 5 atom stereocenters. The van der Waals surface area contributed by atoms with E-state index in [2.05, 4.69) is 16.0 Å². The smallest absolute Gasteiger partial charge is 0.326 e. The van der Waals surface area contributed by atoms with Crippen molar-refractivity contribution in [3.05, 3.63) is 0 Å². The summed E-state index contributed by atoms with van der Waals surface area (Å²) in [4.78, 5) is 49.2. The second kappa shape index (κ2) is 13.3. The van der Waals surface area contributed by atoms with Gasteiger partial charge in [0, 0.05) is 0 Å². The van der Waals surface area contributed by atoms with E-state index in [1.807, 2.05) is 27.7 Å². The van der Waals surface area contributed by atoms with Crippen LogP contribution in [0.15, 0.2) is 0 Å². The first-order chi connectivity index (χ1) is 14.2. The summed E-state index contributed by atoms with van der Waals surface area (Å²) < 4.78 is 0. The van der Waals surface area contributed by atoms with E-state index in [1.165, 1.54) is 6.92 Å². The number of hydrogen-bond acceptors (Lipinski definition) is 6. The molecule has 0 bridgehead atoms. The van der Waals surface area contributed by atoms with Gasteiger partial charge in [0.1, 0.15) is 18.1 Å². The molecule has 10 nitrogen and oxygen atoms in total. The van der Waals surface area contributed by atoms with Crippen LogP contribution in [0.1, 0.15) is 61.3 Å². The lowest BCUT2D eigenvalue weighted by Crippen LogP contribution is -2.60. The summed E-state index contributed by atoms with van der Waals surface area (Å²) in [6.45, 7) is 12.2. The lowest BCUT2D eigenvalue weighted by atomic mass is 9.99. The number of carbonyl (C=O) groups is 4. The van der Waals surface area contributed by atoms with Gasteiger partial charge >= 0.3 is 5.97 Å². The average Bonchev–Trinajstić information content (AvgIpc) is 2.61. The molecule has 0 saturated carbocycles. The fraction of sp³-hybridized carbons (Fsp3) is 0.810. The van der Waals surface area contributed by atoms with Gasteiger partial charge in [0.25, 0.3) is 0 Å². The second-order valence-electron chi connectivity index (χ2n) is 9.22. The number of aliphatic hydroxyl groups is 1. The number of carboxylic acid groups (broad SMARTS) is 1. The second-order valence-corrected chi connectivity index (χ2v) is 9.22. The van der Waals surface area contributed by atoms with Crippen LogP contribution in [-0.4, -0.2) is 64.2 Å². The van der Waals surface area contributed by atoms with E-state index in [9.17, 15) is 29.4 Å². The van der Waals surface area contributed by atoms with Gasteiger partial charge in [-0.25, -0.2) is 4.79 Å². The van der Waals surface area contributed by atoms with Crippen LogP contribution in [0.3, 0.4) is 0 Å². The molecule has 5 unspecified atom stereocenters. The van der Waals surface area contributed by atoms with Gasteiger partial charge < -0.3 is 31.9 Å². The van der Waals surface area contributed by atoms with E-state index in [0.29, 0.717) is 12.8 Å². The molecule has 7 N–H and O–H groups in total. The van der Waals surface area contributed by atoms with E-state index in [-0.39, 0.29) is 11.8 Å². The van der Waals surface area contributed by atoms with Gasteiger partial charge in [-0.2, -0.15) is 0 Å². The Bertz CT molecular complexity index is 621. The highest BCUT2D eigenvalue weighted by Gasteiger charge is 2.33. The van der Waals surface area contributed by atoms with Gasteiger partial charge in [0.2, 0.25) is 17.7 Å². The molecule has 0 radical (unpaired) electrons. The fourth-order valence-electron chi connectivity index (χ4n) is 3.01. The topological polar surface area (TPSA) is 171 Å². The van der Waals surface area contributed by atoms with Crippen molar-refractivity contribution in [2.45, 2.75) is 91.6 Å². The molecule has 0 fully saturated rings. The minimum absolute atomic E-state index is 0.0496. The van der Waals surface area contributed by atoms with Gasteiger partial charge in [0.15, 0.2) is 0 Å². The standard InChI is InChI=1S/C21H40N4O6/c1-10(2)8-14(22)18(27)23-15(9-11(3)4)19(28)25-17(13(7)26)20(29)24-16(12(5)6)21(30)31/h10-17,26H,8-9,22H2,1-7H3,(H,23,27)(H,24,29)(H,25,28)(H,30,31). The quantitative estimate of drug-likeness (QED) is 0.232. The Balaban J connectivity index is 5.41. The van der Waals surface area contributed by atoms with E-state index < -0.39 is 59.9 Å². The Morgan fingerprint density at radius 3 is 1.61 bits per heavy atom. The molecule has 0 aliphatic heterocycles. The molecule has 0 heterocycles. The lowest BCUT2D eigenvalue weighted by Gasteiger charge is -2.28. The fourth-order valence-corrected chi connectivity index (χ4v) is 3.01. The number of hydrogen-bond donors (Lipinski definition) is 6. The number of carbonyl (C=O) groups excluding carboxylic acids is 3. The Kier molecular flexibility index (Phi) is 12.3. The Hall–Kier alpha value is -2.20. The molecule has 0 spiro atoms. The minimum Gasteiger partial charge on any atom is -0.480 e. The first kappa shape index (κ1) is 28.8. The molecule has 0 aliphatic rings. The van der Waals surface area contributed by atoms with Crippen molar-refractivity contribution in [1.82, 2.24) is 16.0 Å². The van der Waals surface area contributed by atoms with Crippen LogP contribution in [-0.2, 0) is 19.2 Å². The van der Waals surface area contributed by atoms with Crippen molar-refractivity contribution in [2.24, 2.45) is 23.5 Å². The predicted octanol–water partition coefficient (Wildman–Crippen LogP) is -0.0183. The highest BCUT2D eigenvalue weighted by atomic mass is 16.4. The SMILES string of the molecule is CC(C)CC(N)C(=O)NC(CC(C)C)C(=O)NC(C(=O)NC(C(=O)O)C(C)C)C(C)O. The van der Waals surface area contributed by atoms with Crippen molar-refractivity contribution in [2.75, 3.05) is 0 Å². The van der Waals surface area contributed by atoms with Crippen LogP contribution in [0.2, 0.25) is 0 Å². The van der Waals surface area contributed by atoms with Crippen LogP contribution >= 0.6 is 0 Å². The Morgan fingerprint density at radius 2 is 1.23 bits per heavy atom. The van der Waals surface area contributed by atoms with Crippen LogP contribution in [0.4, 0.5) is 0 Å². The molecule has 31 heavy (non-hydrogen) atoms. The zero-order valence-corrected chi connectivity index (χ0v) is 19.6. The zero-order valence-electron chi connectivity index (χ0n) is 19.6. The molecule has 0 aromatic carbocycles. The highest BCUT2D eigenvalue weighted by molar-refractivity contribution is 5.94. The number of nitrogens with two attached hydrogens (primary N) is 1. The number of rotatable bonds is 13. The maximum absolute atomic E-state index is 12.9. The Labute approximate surface area is 184 Å². The summed E-state index contributed by atoms with van der Waals surface area (Å²) in [6.07, 6.45) is -0.542. The van der Waals surface area contributed by atoms with E-state index in [1.54, 1.807) is 13.8 Å². The minimum atomic E-state index is -1.39. The van der Waals surface area contributed by atoms with Gasteiger partial charge in [-0.1, -0.05) is 41.5 Å². The number of carboxylic acids is 1. The van der Waals surface area contributed by atoms with Gasteiger partial charge in [-0.15, -0.1) is 0 Å². The molecule has 0 aromatic heterocycles. The Morgan fingerprint density at radius 1 is 0.742 bits per heavy atom. The number of aliphatic hydroxyl groups excluding tert-OH is 1. The van der Waals surface area contributed by atoms with Crippen LogP contribution in [0.25, 0.3) is 0 Å². The third-order valence-electron chi connectivity index (χ3n) is 4.70. The highest BCUT2D eigenvalue weighted by Crippen LogP contribution is 2.09. The third-order valence-corrected chi connectivity index (χ3v) is 4.70. The van der Waals surface area contributed by atoms with Gasteiger partial charge in [0.05, 0.1) is 12.1 Å². The molecule has 0 aliphatic carbocycles. The summed E-state index contributed by atoms with van der Waals surface area (Å²) in [5.41, 5.74) is 5.90. The monoisotopic (exact) mass is 444 g/mol. The first-order valence-corrected chi connectivity index (χ1v) is 10.7. The average molecular weight is 445 g/mol. The summed E-state index contributed by atoms with van der Waals surface area (Å²) in [7, 11) is 0. The summed E-state index contributed by atoms with van der Waals surface area (Å²) in [5.74, 6) is -3.33. The van der Waals surface area contributed by atoms with Crippen molar-refractivity contribution in [3.8, 4) is 0 Å². The third kappa shape index (κ3) is 10.6. The maximum atomic E-state index is 12.9. The van der Waals surface area contributed by atoms with E-state index in [0.717, 1.165) is 0 Å². The van der Waals surface area contributed by atoms with Crippen LogP contribution in [0, 0.1) is 17.8 Å². The molecule has 10 heteroatoms. The maximum Gasteiger partial charge on any atom is 0.326 e. The molecule has 0 rings (SSSR count). The molecule has 0 aromatic rings. The van der Waals surface area contributed by atoms with Crippen LogP contribution < -0.4 is 21.7 Å². The van der Waals surface area contributed by atoms with Crippen molar-refractivity contribution in [1.29, 1.82) is 0 Å². The normalized spacial score (nSPS) is 16.4. The van der Waals surface area contributed by atoms with Gasteiger partial charge in [-0.3, -0.25) is 14.4 Å². The number of aliphatic carboxylic acids is 1. The summed E-state index contributed by atoms with van der Waals surface area (Å²) in [5, 5.41) is 26.7. The summed E-state index contributed by atoms with van der Waals surface area (Å²) in [6, 6.07) is -4.30. The van der Waals surface area contributed by atoms with Crippen molar-refractivity contribution >= 4 is 23.7 Å². The zero-order chi connectivity index (χ0) is 24.5. The predicted molar refractivity (Wildman–Crippen MR) is 117 cm³/mol.